The predicted octanol–water partition coefficient (Wildman–Crippen LogP) is 4.50. The van der Waals surface area contributed by atoms with E-state index in [1.807, 2.05) is 35.2 Å². The molecule has 0 bridgehead atoms. The summed E-state index contributed by atoms with van der Waals surface area (Å²) >= 11 is 1.35. The van der Waals surface area contributed by atoms with Crippen molar-refractivity contribution >= 4 is 32.8 Å². The van der Waals surface area contributed by atoms with Crippen molar-refractivity contribution in [2.75, 3.05) is 29.5 Å². The highest BCUT2D eigenvalue weighted by molar-refractivity contribution is 7.91. The number of nitrogens with zero attached hydrogens (tertiary/aromatic N) is 4. The fourth-order valence-electron chi connectivity index (χ4n) is 5.33. The van der Waals surface area contributed by atoms with Crippen LogP contribution in [0, 0.1) is 23.1 Å². The minimum absolute atomic E-state index is 0.0271. The first-order valence-electron chi connectivity index (χ1n) is 13.1. The maximum absolute atomic E-state index is 14.6. The zero-order chi connectivity index (χ0) is 28.4. The molecule has 1 aliphatic carbocycles. The third-order valence-electron chi connectivity index (χ3n) is 7.47. The first-order valence-corrected chi connectivity index (χ1v) is 15.8. The molecule has 0 spiro atoms. The number of nitrogens with one attached hydrogen (secondary N) is 1. The van der Waals surface area contributed by atoms with E-state index < -0.39 is 39.7 Å². The van der Waals surface area contributed by atoms with Gasteiger partial charge in [0.1, 0.15) is 23.0 Å². The van der Waals surface area contributed by atoms with Crippen LogP contribution >= 0.6 is 11.3 Å². The molecule has 4 atom stereocenters. The van der Waals surface area contributed by atoms with Crippen LogP contribution < -0.4 is 10.2 Å². The average molecular weight is 586 g/mol. The highest BCUT2D eigenvalue weighted by Gasteiger charge is 2.39. The second-order valence-electron chi connectivity index (χ2n) is 10.3. The molecule has 40 heavy (non-hydrogen) atoms. The van der Waals surface area contributed by atoms with Gasteiger partial charge in [0.25, 0.3) is 0 Å². The number of nitriles is 1. The van der Waals surface area contributed by atoms with Crippen LogP contribution in [0.5, 0.6) is 0 Å². The minimum Gasteiger partial charge on any atom is -0.369 e. The molecule has 3 heterocycles. The number of carbonyl (C=O) groups excluding carboxylic acids is 1. The van der Waals surface area contributed by atoms with E-state index in [0.29, 0.717) is 35.8 Å². The SMILES string of the molecule is CC(C#N)NC(=O)[C@@H]1C[C@@H](F)CC[C@H]1c1nc(-c2cncc(F)c2)sc1-c1ccc(N2CCS(=O)(=O)CC2)cc1. The predicted molar refractivity (Wildman–Crippen MR) is 150 cm³/mol. The summed E-state index contributed by atoms with van der Waals surface area (Å²) in [5.41, 5.74) is 2.88. The number of halogens is 2. The summed E-state index contributed by atoms with van der Waals surface area (Å²) in [7, 11) is -3.00. The first kappa shape index (κ1) is 28.1. The van der Waals surface area contributed by atoms with Crippen LogP contribution in [0.4, 0.5) is 14.5 Å². The quantitative estimate of drug-likeness (QED) is 0.453. The zero-order valence-electron chi connectivity index (χ0n) is 21.9. The van der Waals surface area contributed by atoms with Gasteiger partial charge in [-0.1, -0.05) is 12.1 Å². The Balaban J connectivity index is 1.53. The van der Waals surface area contributed by atoms with Gasteiger partial charge in [0.05, 0.1) is 34.3 Å². The van der Waals surface area contributed by atoms with Crippen LogP contribution in [0.3, 0.4) is 0 Å². The molecule has 8 nitrogen and oxygen atoms in total. The van der Waals surface area contributed by atoms with Crippen molar-refractivity contribution in [2.24, 2.45) is 5.92 Å². The van der Waals surface area contributed by atoms with Crippen molar-refractivity contribution in [3.63, 3.8) is 0 Å². The second kappa shape index (κ2) is 11.6. The Morgan fingerprint density at radius 2 is 1.90 bits per heavy atom. The fourth-order valence-corrected chi connectivity index (χ4v) is 7.65. The van der Waals surface area contributed by atoms with E-state index >= 15 is 0 Å². The zero-order valence-corrected chi connectivity index (χ0v) is 23.5. The molecule has 1 aromatic carbocycles. The number of sulfone groups is 1. The number of benzene rings is 1. The Bertz CT molecular complexity index is 1520. The first-order chi connectivity index (χ1) is 19.1. The summed E-state index contributed by atoms with van der Waals surface area (Å²) < 4.78 is 52.3. The van der Waals surface area contributed by atoms with Gasteiger partial charge in [-0.05, 0) is 49.9 Å². The Labute approximate surface area is 236 Å². The van der Waals surface area contributed by atoms with Gasteiger partial charge in [0.15, 0.2) is 9.84 Å². The van der Waals surface area contributed by atoms with Crippen LogP contribution in [0.2, 0.25) is 0 Å². The normalized spacial score (nSPS) is 23.2. The summed E-state index contributed by atoms with van der Waals surface area (Å²) in [6.07, 6.45) is 2.22. The van der Waals surface area contributed by atoms with Crippen molar-refractivity contribution in [1.82, 2.24) is 15.3 Å². The van der Waals surface area contributed by atoms with Gasteiger partial charge in [-0.3, -0.25) is 9.78 Å². The molecule has 1 N–H and O–H groups in total. The number of anilines is 1. The van der Waals surface area contributed by atoms with E-state index in [-0.39, 0.29) is 30.3 Å². The number of aromatic nitrogens is 2. The number of alkyl halides is 1. The number of amides is 1. The number of thiazole rings is 1. The van der Waals surface area contributed by atoms with Crippen molar-refractivity contribution in [2.45, 2.75) is 44.3 Å². The van der Waals surface area contributed by atoms with Crippen LogP contribution in [0.1, 0.15) is 37.8 Å². The van der Waals surface area contributed by atoms with E-state index in [4.69, 9.17) is 4.98 Å². The highest BCUT2D eigenvalue weighted by atomic mass is 32.2. The van der Waals surface area contributed by atoms with Gasteiger partial charge in [-0.15, -0.1) is 11.3 Å². The van der Waals surface area contributed by atoms with Crippen LogP contribution in [0.15, 0.2) is 42.7 Å². The second-order valence-corrected chi connectivity index (χ2v) is 13.6. The topological polar surface area (TPSA) is 116 Å². The molecule has 12 heteroatoms. The van der Waals surface area contributed by atoms with Crippen molar-refractivity contribution < 1.29 is 22.0 Å². The number of pyridine rings is 1. The summed E-state index contributed by atoms with van der Waals surface area (Å²) in [4.78, 5) is 24.8. The van der Waals surface area contributed by atoms with Gasteiger partial charge in [-0.2, -0.15) is 5.26 Å². The largest absolute Gasteiger partial charge is 0.369 e. The minimum atomic E-state index is -3.00. The standard InChI is InChI=1S/C28H29F2N5O3S2/c1-17(14-31)33-27(36)24-13-20(29)4-7-23(24)25-26(39-28(34-25)19-12-21(30)16-32-15-19)18-2-5-22(6-3-18)35-8-10-40(37,38)11-9-35/h2-3,5-6,12,15-17,20,23-24H,4,7-11,13H2,1H3,(H,33,36)/t17?,20-,23+,24+/m0/s1. The molecule has 1 unspecified atom stereocenters. The molecule has 210 valence electrons. The smallest absolute Gasteiger partial charge is 0.224 e. The van der Waals surface area contributed by atoms with Gasteiger partial charge in [-0.25, -0.2) is 22.2 Å². The molecular weight excluding hydrogens is 556 g/mol. The summed E-state index contributed by atoms with van der Waals surface area (Å²) in [5, 5.41) is 12.4. The van der Waals surface area contributed by atoms with Gasteiger partial charge in [0.2, 0.25) is 5.91 Å². The lowest BCUT2D eigenvalue weighted by molar-refractivity contribution is -0.127. The molecule has 3 aromatic rings. The van der Waals surface area contributed by atoms with Crippen LogP contribution in [-0.4, -0.2) is 61.1 Å². The lowest BCUT2D eigenvalue weighted by atomic mass is 9.75. The molecule has 1 saturated carbocycles. The van der Waals surface area contributed by atoms with Gasteiger partial charge >= 0.3 is 0 Å². The molecule has 1 saturated heterocycles. The molecule has 1 amide bonds. The molecule has 1 aliphatic heterocycles. The number of hydrogen-bond donors (Lipinski definition) is 1. The van der Waals surface area contributed by atoms with Crippen LogP contribution in [0.25, 0.3) is 21.0 Å². The van der Waals surface area contributed by atoms with Crippen molar-refractivity contribution in [3.8, 4) is 27.1 Å². The molecule has 2 fully saturated rings. The Kier molecular flexibility index (Phi) is 8.14. The monoisotopic (exact) mass is 585 g/mol. The number of hydrogen-bond acceptors (Lipinski definition) is 8. The lowest BCUT2D eigenvalue weighted by Gasteiger charge is -2.32. The maximum Gasteiger partial charge on any atom is 0.224 e. The third-order valence-corrected chi connectivity index (χ3v) is 10.2. The van der Waals surface area contributed by atoms with E-state index in [9.17, 15) is 27.3 Å². The summed E-state index contributed by atoms with van der Waals surface area (Å²) in [6.45, 7) is 2.43. The summed E-state index contributed by atoms with van der Waals surface area (Å²) in [6, 6.07) is 10.3. The maximum atomic E-state index is 14.6. The fraction of sp³-hybridized carbons (Fsp3) is 0.429. The summed E-state index contributed by atoms with van der Waals surface area (Å²) in [5.74, 6) is -1.76. The van der Waals surface area contributed by atoms with E-state index in [0.717, 1.165) is 22.3 Å². The molecule has 5 rings (SSSR count). The Hall–Kier alpha value is -3.43. The number of carbonyl (C=O) groups is 1. The van der Waals surface area contributed by atoms with E-state index in [1.54, 1.807) is 6.92 Å². The Morgan fingerprint density at radius 3 is 2.58 bits per heavy atom. The van der Waals surface area contributed by atoms with Crippen molar-refractivity contribution in [3.05, 3.63) is 54.2 Å². The highest BCUT2D eigenvalue weighted by Crippen LogP contribution is 2.46. The van der Waals surface area contributed by atoms with Crippen LogP contribution in [-0.2, 0) is 14.6 Å². The lowest BCUT2D eigenvalue weighted by Crippen LogP contribution is -2.41. The number of rotatable bonds is 6. The molecule has 2 aliphatic rings. The Morgan fingerprint density at radius 1 is 1.18 bits per heavy atom. The van der Waals surface area contributed by atoms with Crippen molar-refractivity contribution in [1.29, 1.82) is 5.26 Å². The van der Waals surface area contributed by atoms with E-state index in [1.165, 1.54) is 23.6 Å². The molecule has 2 aromatic heterocycles. The molecular formula is C28H29F2N5O3S2. The van der Waals surface area contributed by atoms with E-state index in [2.05, 4.69) is 10.3 Å². The van der Waals surface area contributed by atoms with Gasteiger partial charge in [0, 0.05) is 42.4 Å². The average Bonchev–Trinajstić information content (AvgIpc) is 3.38. The third kappa shape index (κ3) is 6.15. The van der Waals surface area contributed by atoms with Gasteiger partial charge < -0.3 is 10.2 Å². The molecule has 0 radical (unpaired) electrons.